The summed E-state index contributed by atoms with van der Waals surface area (Å²) in [5, 5.41) is 3.03. The maximum Gasteiger partial charge on any atom is 0.258 e. The van der Waals surface area contributed by atoms with Crippen molar-refractivity contribution in [3.8, 4) is 5.75 Å². The number of benzene rings is 2. The van der Waals surface area contributed by atoms with E-state index in [-0.39, 0.29) is 18.6 Å². The topological polar surface area (TPSA) is 38.3 Å². The zero-order valence-corrected chi connectivity index (χ0v) is 15.4. The van der Waals surface area contributed by atoms with E-state index in [9.17, 15) is 4.79 Å². The maximum atomic E-state index is 12.2. The first-order chi connectivity index (χ1) is 12.0. The number of amides is 1. The van der Waals surface area contributed by atoms with Crippen LogP contribution in [0.2, 0.25) is 0 Å². The van der Waals surface area contributed by atoms with Crippen LogP contribution in [0.5, 0.6) is 5.75 Å². The molecule has 0 spiro atoms. The monoisotopic (exact) mass is 337 g/mol. The van der Waals surface area contributed by atoms with Crippen molar-refractivity contribution in [1.29, 1.82) is 0 Å². The van der Waals surface area contributed by atoms with Crippen molar-refractivity contribution in [3.63, 3.8) is 0 Å². The number of fused-ring (bicyclic) bond motifs is 1. The quantitative estimate of drug-likeness (QED) is 0.876. The first kappa shape index (κ1) is 17.5. The fraction of sp³-hybridized carbons (Fsp3) is 0.409. The normalized spacial score (nSPS) is 14.5. The van der Waals surface area contributed by atoms with E-state index in [1.165, 1.54) is 35.1 Å². The molecule has 2 aromatic rings. The lowest BCUT2D eigenvalue weighted by atomic mass is 9.92. The average Bonchev–Trinajstić information content (AvgIpc) is 2.61. The Labute approximate surface area is 150 Å². The Balaban J connectivity index is 1.56. The van der Waals surface area contributed by atoms with Crippen LogP contribution in [0.15, 0.2) is 36.4 Å². The van der Waals surface area contributed by atoms with Crippen LogP contribution < -0.4 is 10.1 Å². The third-order valence-electron chi connectivity index (χ3n) is 4.97. The molecule has 2 aromatic carbocycles. The van der Waals surface area contributed by atoms with Gasteiger partial charge in [-0.2, -0.15) is 0 Å². The fourth-order valence-corrected chi connectivity index (χ4v) is 3.54. The zero-order valence-electron chi connectivity index (χ0n) is 15.4. The summed E-state index contributed by atoms with van der Waals surface area (Å²) in [4.78, 5) is 12.2. The lowest BCUT2D eigenvalue weighted by Crippen LogP contribution is -2.31. The van der Waals surface area contributed by atoms with Gasteiger partial charge in [0.05, 0.1) is 6.04 Å². The van der Waals surface area contributed by atoms with Gasteiger partial charge in [-0.1, -0.05) is 29.8 Å². The van der Waals surface area contributed by atoms with Crippen LogP contribution in [-0.4, -0.2) is 12.5 Å². The van der Waals surface area contributed by atoms with Crippen LogP contribution in [-0.2, 0) is 17.6 Å². The second kappa shape index (κ2) is 7.73. The third kappa shape index (κ3) is 4.41. The molecule has 0 radical (unpaired) electrons. The summed E-state index contributed by atoms with van der Waals surface area (Å²) in [7, 11) is 0. The van der Waals surface area contributed by atoms with Gasteiger partial charge in [0.25, 0.3) is 5.91 Å². The van der Waals surface area contributed by atoms with Crippen molar-refractivity contribution >= 4 is 5.91 Å². The molecule has 3 heteroatoms. The minimum Gasteiger partial charge on any atom is -0.484 e. The molecule has 3 rings (SSSR count). The van der Waals surface area contributed by atoms with Crippen LogP contribution in [0.3, 0.4) is 0 Å². The second-order valence-corrected chi connectivity index (χ2v) is 7.08. The zero-order chi connectivity index (χ0) is 17.8. The van der Waals surface area contributed by atoms with E-state index in [4.69, 9.17) is 4.74 Å². The highest BCUT2D eigenvalue weighted by molar-refractivity contribution is 5.78. The van der Waals surface area contributed by atoms with Crippen LogP contribution >= 0.6 is 0 Å². The van der Waals surface area contributed by atoms with Gasteiger partial charge >= 0.3 is 0 Å². The molecule has 1 aliphatic carbocycles. The van der Waals surface area contributed by atoms with Gasteiger partial charge in [-0.25, -0.2) is 0 Å². The molecule has 132 valence electrons. The van der Waals surface area contributed by atoms with E-state index in [0.717, 1.165) is 24.2 Å². The highest BCUT2D eigenvalue weighted by Crippen LogP contribution is 2.25. The lowest BCUT2D eigenvalue weighted by Gasteiger charge is -2.18. The van der Waals surface area contributed by atoms with Gasteiger partial charge in [-0.3, -0.25) is 4.79 Å². The van der Waals surface area contributed by atoms with Crippen molar-refractivity contribution in [2.24, 2.45) is 0 Å². The molecule has 0 saturated carbocycles. The maximum absolute atomic E-state index is 12.2. The minimum atomic E-state index is -0.0915. The molecule has 1 N–H and O–H groups in total. The average molecular weight is 337 g/mol. The van der Waals surface area contributed by atoms with Crippen molar-refractivity contribution < 1.29 is 9.53 Å². The number of nitrogens with one attached hydrogen (secondary N) is 1. The van der Waals surface area contributed by atoms with E-state index in [0.29, 0.717) is 0 Å². The van der Waals surface area contributed by atoms with Gasteiger partial charge in [0.1, 0.15) is 5.75 Å². The Morgan fingerprint density at radius 3 is 2.64 bits per heavy atom. The number of hydrogen-bond acceptors (Lipinski definition) is 2. The molecular formula is C22H27NO2. The highest BCUT2D eigenvalue weighted by Gasteiger charge is 2.14. The lowest BCUT2D eigenvalue weighted by molar-refractivity contribution is -0.123. The number of ether oxygens (including phenoxy) is 1. The van der Waals surface area contributed by atoms with Gasteiger partial charge in [-0.15, -0.1) is 0 Å². The molecule has 1 aliphatic rings. The summed E-state index contributed by atoms with van der Waals surface area (Å²) in [5.74, 6) is 0.696. The van der Waals surface area contributed by atoms with Crippen LogP contribution in [0, 0.1) is 13.8 Å². The van der Waals surface area contributed by atoms with Gasteiger partial charge in [0.2, 0.25) is 0 Å². The van der Waals surface area contributed by atoms with Gasteiger partial charge in [0, 0.05) is 0 Å². The second-order valence-electron chi connectivity index (χ2n) is 7.08. The molecule has 1 atom stereocenters. The molecule has 0 heterocycles. The number of hydrogen-bond donors (Lipinski definition) is 1. The van der Waals surface area contributed by atoms with Crippen LogP contribution in [0.25, 0.3) is 0 Å². The Morgan fingerprint density at radius 1 is 1.08 bits per heavy atom. The molecule has 0 saturated heterocycles. The smallest absolute Gasteiger partial charge is 0.258 e. The molecule has 1 amide bonds. The Bertz CT molecular complexity index is 767. The summed E-state index contributed by atoms with van der Waals surface area (Å²) in [6.45, 7) is 6.20. The largest absolute Gasteiger partial charge is 0.484 e. The predicted molar refractivity (Wildman–Crippen MR) is 101 cm³/mol. The summed E-state index contributed by atoms with van der Waals surface area (Å²) < 4.78 is 5.71. The van der Waals surface area contributed by atoms with Crippen LogP contribution in [0.1, 0.15) is 53.6 Å². The number of rotatable bonds is 5. The summed E-state index contributed by atoms with van der Waals surface area (Å²) in [5.41, 5.74) is 6.34. The molecule has 25 heavy (non-hydrogen) atoms. The minimum absolute atomic E-state index is 0.0282. The standard InChI is InChI=1S/C22H27NO2/c1-15-8-9-16(2)21(12-15)17(3)23-22(24)14-25-20-11-10-18-6-4-5-7-19(18)13-20/h8-13,17H,4-7,14H2,1-3H3,(H,23,24)/t17-/m1/s1. The van der Waals surface area contributed by atoms with E-state index in [1.807, 2.05) is 13.0 Å². The molecule has 0 aliphatic heterocycles. The van der Waals surface area contributed by atoms with E-state index in [1.54, 1.807) is 0 Å². The van der Waals surface area contributed by atoms with E-state index >= 15 is 0 Å². The summed E-state index contributed by atoms with van der Waals surface area (Å²) in [6.07, 6.45) is 4.78. The predicted octanol–water partition coefficient (Wildman–Crippen LogP) is 4.44. The summed E-state index contributed by atoms with van der Waals surface area (Å²) in [6, 6.07) is 12.5. The van der Waals surface area contributed by atoms with E-state index in [2.05, 4.69) is 49.5 Å². The highest BCUT2D eigenvalue weighted by atomic mass is 16.5. The Kier molecular flexibility index (Phi) is 5.42. The molecule has 0 unspecified atom stereocenters. The summed E-state index contributed by atoms with van der Waals surface area (Å²) >= 11 is 0. The number of carbonyl (C=O) groups is 1. The number of aryl methyl sites for hydroxylation is 4. The van der Waals surface area contributed by atoms with Gasteiger partial charge in [-0.05, 0) is 80.8 Å². The molecule has 0 bridgehead atoms. The third-order valence-corrected chi connectivity index (χ3v) is 4.97. The van der Waals surface area contributed by atoms with Crippen molar-refractivity contribution in [3.05, 3.63) is 64.2 Å². The van der Waals surface area contributed by atoms with Crippen molar-refractivity contribution in [2.45, 2.75) is 52.5 Å². The van der Waals surface area contributed by atoms with Crippen molar-refractivity contribution in [2.75, 3.05) is 6.61 Å². The van der Waals surface area contributed by atoms with E-state index < -0.39 is 0 Å². The first-order valence-corrected chi connectivity index (χ1v) is 9.14. The first-order valence-electron chi connectivity index (χ1n) is 9.14. The SMILES string of the molecule is Cc1ccc(C)c([C@@H](C)NC(=O)COc2ccc3c(c2)CCCC3)c1. The molecular weight excluding hydrogens is 310 g/mol. The molecule has 0 fully saturated rings. The van der Waals surface area contributed by atoms with Gasteiger partial charge < -0.3 is 10.1 Å². The Hall–Kier alpha value is -2.29. The van der Waals surface area contributed by atoms with Gasteiger partial charge in [0.15, 0.2) is 6.61 Å². The fourth-order valence-electron chi connectivity index (χ4n) is 3.54. The van der Waals surface area contributed by atoms with Crippen molar-refractivity contribution in [1.82, 2.24) is 5.32 Å². The Morgan fingerprint density at radius 2 is 1.84 bits per heavy atom. The molecule has 0 aromatic heterocycles. The number of carbonyl (C=O) groups excluding carboxylic acids is 1. The van der Waals surface area contributed by atoms with Crippen LogP contribution in [0.4, 0.5) is 0 Å². The molecule has 3 nitrogen and oxygen atoms in total.